The summed E-state index contributed by atoms with van der Waals surface area (Å²) in [6, 6.07) is 11.8. The van der Waals surface area contributed by atoms with E-state index < -0.39 is 0 Å². The van der Waals surface area contributed by atoms with Gasteiger partial charge in [-0.05, 0) is 31.2 Å². The van der Waals surface area contributed by atoms with Crippen molar-refractivity contribution in [1.29, 1.82) is 0 Å². The van der Waals surface area contributed by atoms with Crippen LogP contribution in [0, 0.1) is 0 Å². The van der Waals surface area contributed by atoms with Crippen molar-refractivity contribution in [2.75, 3.05) is 18.4 Å². The van der Waals surface area contributed by atoms with Crippen molar-refractivity contribution in [2.45, 2.75) is 12.5 Å². The molecule has 140 valence electrons. The minimum Gasteiger partial charge on any atom is -0.507 e. The van der Waals surface area contributed by atoms with E-state index in [1.54, 1.807) is 24.7 Å². The van der Waals surface area contributed by atoms with Crippen LogP contribution in [0.2, 0.25) is 0 Å². The van der Waals surface area contributed by atoms with Crippen molar-refractivity contribution in [3.8, 4) is 28.3 Å². The Morgan fingerprint density at radius 1 is 1.18 bits per heavy atom. The molecule has 0 bridgehead atoms. The minimum absolute atomic E-state index is 0.176. The Morgan fingerprint density at radius 2 is 2.14 bits per heavy atom. The van der Waals surface area contributed by atoms with E-state index in [2.05, 4.69) is 20.6 Å². The predicted molar refractivity (Wildman–Crippen MR) is 108 cm³/mol. The van der Waals surface area contributed by atoms with Gasteiger partial charge < -0.3 is 15.7 Å². The molecule has 5 rings (SSSR count). The summed E-state index contributed by atoms with van der Waals surface area (Å²) in [5.74, 6) is 1.03. The van der Waals surface area contributed by atoms with Gasteiger partial charge in [0.05, 0.1) is 17.6 Å². The lowest BCUT2D eigenvalue weighted by Gasteiger charge is -2.13. The number of anilines is 1. The molecule has 4 aromatic rings. The molecule has 0 aliphatic carbocycles. The average molecular weight is 372 g/mol. The number of pyridine rings is 3. The molecule has 1 saturated heterocycles. The fourth-order valence-electron chi connectivity index (χ4n) is 3.59. The van der Waals surface area contributed by atoms with Crippen LogP contribution in [0.15, 0.2) is 61.2 Å². The molecule has 1 unspecified atom stereocenters. The highest BCUT2D eigenvalue weighted by Gasteiger charge is 2.16. The lowest BCUT2D eigenvalue weighted by atomic mass is 10.1. The van der Waals surface area contributed by atoms with Crippen LogP contribution in [-0.2, 0) is 0 Å². The fraction of sp³-hybridized carbons (Fsp3) is 0.190. The highest BCUT2D eigenvalue weighted by Crippen LogP contribution is 2.31. The zero-order valence-corrected chi connectivity index (χ0v) is 15.2. The van der Waals surface area contributed by atoms with Crippen LogP contribution < -0.4 is 10.6 Å². The number of imidazole rings is 1. The molecule has 7 nitrogen and oxygen atoms in total. The van der Waals surface area contributed by atoms with Gasteiger partial charge in [-0.15, -0.1) is 0 Å². The first-order valence-corrected chi connectivity index (χ1v) is 9.33. The van der Waals surface area contributed by atoms with Gasteiger partial charge in [0.2, 0.25) is 0 Å². The van der Waals surface area contributed by atoms with Crippen molar-refractivity contribution in [3.63, 3.8) is 0 Å². The van der Waals surface area contributed by atoms with Crippen molar-refractivity contribution >= 4 is 11.5 Å². The van der Waals surface area contributed by atoms with E-state index in [-0.39, 0.29) is 5.75 Å². The van der Waals surface area contributed by atoms with E-state index in [4.69, 9.17) is 4.98 Å². The summed E-state index contributed by atoms with van der Waals surface area (Å²) in [4.78, 5) is 13.4. The summed E-state index contributed by atoms with van der Waals surface area (Å²) in [5, 5.41) is 17.3. The summed E-state index contributed by atoms with van der Waals surface area (Å²) >= 11 is 0. The second kappa shape index (κ2) is 6.94. The van der Waals surface area contributed by atoms with E-state index in [0.717, 1.165) is 42.3 Å². The minimum atomic E-state index is 0.176. The van der Waals surface area contributed by atoms with Crippen molar-refractivity contribution in [2.24, 2.45) is 0 Å². The smallest absolute Gasteiger partial charge is 0.140 e. The molecule has 3 N–H and O–H groups in total. The standard InChI is InChI=1S/C21H20N6O/c28-19-9-21-24-12-18(27(21)13-16(19)14-3-2-7-22-10-14)17-4-1-5-20(26-17)25-15-6-8-23-11-15/h1-5,7,9-10,12-13,15,23,28H,6,8,11H2,(H,25,26). The fourth-order valence-corrected chi connectivity index (χ4v) is 3.59. The zero-order valence-electron chi connectivity index (χ0n) is 15.2. The molecule has 0 amide bonds. The first-order valence-electron chi connectivity index (χ1n) is 9.33. The Kier molecular flexibility index (Phi) is 4.14. The zero-order chi connectivity index (χ0) is 18.9. The molecule has 1 atom stereocenters. The normalized spacial score (nSPS) is 16.5. The van der Waals surface area contributed by atoms with Crippen LogP contribution in [-0.4, -0.2) is 43.6 Å². The van der Waals surface area contributed by atoms with E-state index in [1.165, 1.54) is 0 Å². The maximum atomic E-state index is 10.4. The topological polar surface area (TPSA) is 87.4 Å². The third kappa shape index (κ3) is 3.05. The number of aromatic nitrogens is 4. The highest BCUT2D eigenvalue weighted by atomic mass is 16.3. The van der Waals surface area contributed by atoms with Crippen molar-refractivity contribution < 1.29 is 5.11 Å². The first kappa shape index (κ1) is 16.7. The number of hydrogen-bond acceptors (Lipinski definition) is 6. The largest absolute Gasteiger partial charge is 0.507 e. The van der Waals surface area contributed by atoms with Gasteiger partial charge in [-0.3, -0.25) is 9.38 Å². The van der Waals surface area contributed by atoms with E-state index in [1.807, 2.05) is 40.9 Å². The average Bonchev–Trinajstić information content (AvgIpc) is 3.38. The third-order valence-electron chi connectivity index (χ3n) is 5.02. The molecule has 0 aromatic carbocycles. The van der Waals surface area contributed by atoms with Gasteiger partial charge >= 0.3 is 0 Å². The van der Waals surface area contributed by atoms with E-state index in [0.29, 0.717) is 17.3 Å². The van der Waals surface area contributed by atoms with Crippen LogP contribution in [0.5, 0.6) is 5.75 Å². The summed E-state index contributed by atoms with van der Waals surface area (Å²) in [6.45, 7) is 1.99. The number of aromatic hydroxyl groups is 1. The Balaban J connectivity index is 1.56. The maximum Gasteiger partial charge on any atom is 0.140 e. The van der Waals surface area contributed by atoms with Crippen LogP contribution in [0.4, 0.5) is 5.82 Å². The van der Waals surface area contributed by atoms with Gasteiger partial charge in [0.25, 0.3) is 0 Å². The number of nitrogens with zero attached hydrogens (tertiary/aromatic N) is 4. The van der Waals surface area contributed by atoms with Crippen LogP contribution in [0.1, 0.15) is 6.42 Å². The van der Waals surface area contributed by atoms with Crippen LogP contribution in [0.25, 0.3) is 28.2 Å². The molecular weight excluding hydrogens is 352 g/mol. The number of rotatable bonds is 4. The second-order valence-electron chi connectivity index (χ2n) is 6.93. The van der Waals surface area contributed by atoms with E-state index >= 15 is 0 Å². The SMILES string of the molecule is Oc1cc2ncc(-c3cccc(NC4CCNC4)n3)n2cc1-c1cccnc1. The number of fused-ring (bicyclic) bond motifs is 1. The van der Waals surface area contributed by atoms with Crippen molar-refractivity contribution in [1.82, 2.24) is 24.7 Å². The quantitative estimate of drug-likeness (QED) is 0.511. The lowest BCUT2D eigenvalue weighted by molar-refractivity contribution is 0.477. The summed E-state index contributed by atoms with van der Waals surface area (Å²) in [7, 11) is 0. The molecule has 7 heteroatoms. The monoisotopic (exact) mass is 372 g/mol. The molecule has 1 aliphatic rings. The second-order valence-corrected chi connectivity index (χ2v) is 6.93. The van der Waals surface area contributed by atoms with Crippen LogP contribution in [0.3, 0.4) is 0 Å². The molecule has 4 aromatic heterocycles. The summed E-state index contributed by atoms with van der Waals surface area (Å²) in [6.07, 6.45) is 8.20. The maximum absolute atomic E-state index is 10.4. The molecule has 0 radical (unpaired) electrons. The predicted octanol–water partition coefficient (Wildman–Crippen LogP) is 2.94. The Labute approximate surface area is 162 Å². The number of nitrogens with one attached hydrogen (secondary N) is 2. The first-order chi connectivity index (χ1) is 13.8. The summed E-state index contributed by atoms with van der Waals surface area (Å²) in [5.41, 5.74) is 3.91. The van der Waals surface area contributed by atoms with Crippen molar-refractivity contribution in [3.05, 3.63) is 61.2 Å². The number of hydrogen-bond donors (Lipinski definition) is 3. The van der Waals surface area contributed by atoms with Gasteiger partial charge in [-0.2, -0.15) is 0 Å². The van der Waals surface area contributed by atoms with Gasteiger partial charge in [0.1, 0.15) is 17.2 Å². The lowest BCUT2D eigenvalue weighted by Crippen LogP contribution is -2.22. The highest BCUT2D eigenvalue weighted by molar-refractivity contribution is 5.73. The Morgan fingerprint density at radius 3 is 2.96 bits per heavy atom. The molecule has 1 aliphatic heterocycles. The third-order valence-corrected chi connectivity index (χ3v) is 5.02. The molecule has 28 heavy (non-hydrogen) atoms. The molecule has 0 spiro atoms. The van der Waals surface area contributed by atoms with Gasteiger partial charge in [-0.1, -0.05) is 12.1 Å². The van der Waals surface area contributed by atoms with Gasteiger partial charge in [0.15, 0.2) is 0 Å². The Bertz CT molecular complexity index is 1120. The molecule has 5 heterocycles. The summed E-state index contributed by atoms with van der Waals surface area (Å²) < 4.78 is 1.95. The van der Waals surface area contributed by atoms with Gasteiger partial charge in [0, 0.05) is 48.4 Å². The molecule has 0 saturated carbocycles. The van der Waals surface area contributed by atoms with Crippen LogP contribution >= 0.6 is 0 Å². The molecule has 1 fully saturated rings. The van der Waals surface area contributed by atoms with E-state index in [9.17, 15) is 5.11 Å². The van der Waals surface area contributed by atoms with Gasteiger partial charge in [-0.25, -0.2) is 9.97 Å². The molecular formula is C21H20N6O. The Hall–Kier alpha value is -3.45.